The van der Waals surface area contributed by atoms with Crippen molar-refractivity contribution in [2.75, 3.05) is 0 Å². The second kappa shape index (κ2) is 3.50. The molecule has 0 amide bonds. The molecule has 2 bridgehead atoms. The monoisotopic (exact) mass is 308 g/mol. The average Bonchev–Trinajstić information content (AvgIpc) is 2.75. The highest BCUT2D eigenvalue weighted by Crippen LogP contribution is 2.77. The van der Waals surface area contributed by atoms with Crippen LogP contribution in [0.15, 0.2) is 23.8 Å². The number of phenolic OH excluding ortho intramolecular Hbond substituents is 1. The molecule has 1 aromatic carbocycles. The van der Waals surface area contributed by atoms with Crippen LogP contribution < -0.4 is 4.74 Å². The fourth-order valence-corrected chi connectivity index (χ4v) is 7.19. The maximum Gasteiger partial charge on any atom is 0.174 e. The zero-order valence-corrected chi connectivity index (χ0v) is 13.3. The quantitative estimate of drug-likeness (QED) is 0.748. The number of rotatable bonds is 0. The van der Waals surface area contributed by atoms with E-state index in [1.54, 1.807) is 6.07 Å². The van der Waals surface area contributed by atoms with Crippen LogP contribution in [0.3, 0.4) is 0 Å². The van der Waals surface area contributed by atoms with Crippen molar-refractivity contribution < 1.29 is 14.6 Å². The van der Waals surface area contributed by atoms with Crippen LogP contribution in [0.25, 0.3) is 0 Å². The minimum Gasteiger partial charge on any atom is -0.504 e. The van der Waals surface area contributed by atoms with Gasteiger partial charge in [0.1, 0.15) is 0 Å². The van der Waals surface area contributed by atoms with Crippen LogP contribution in [-0.4, -0.2) is 17.0 Å². The summed E-state index contributed by atoms with van der Waals surface area (Å²) >= 11 is 0. The lowest BCUT2D eigenvalue weighted by Gasteiger charge is -2.67. The van der Waals surface area contributed by atoms with Gasteiger partial charge in [0.25, 0.3) is 0 Å². The minimum atomic E-state index is -0.361. The molecule has 0 aromatic heterocycles. The predicted molar refractivity (Wildman–Crippen MR) is 84.5 cm³/mol. The van der Waals surface area contributed by atoms with Gasteiger partial charge in [-0.15, -0.1) is 0 Å². The Hall–Kier alpha value is -1.77. The van der Waals surface area contributed by atoms with Gasteiger partial charge in [-0.05, 0) is 61.5 Å². The van der Waals surface area contributed by atoms with Crippen molar-refractivity contribution in [3.8, 4) is 11.5 Å². The third-order valence-electron chi connectivity index (χ3n) is 7.43. The fourth-order valence-electron chi connectivity index (χ4n) is 7.19. The Morgan fingerprint density at radius 3 is 3.09 bits per heavy atom. The highest BCUT2D eigenvalue weighted by Gasteiger charge is 2.76. The van der Waals surface area contributed by atoms with Gasteiger partial charge in [-0.3, -0.25) is 4.79 Å². The van der Waals surface area contributed by atoms with Crippen LogP contribution in [0, 0.1) is 17.3 Å². The number of phenols is 1. The Bertz CT molecular complexity index is 822. The second-order valence-corrected chi connectivity index (χ2v) is 8.53. The zero-order valence-electron chi connectivity index (χ0n) is 13.3. The molecule has 6 rings (SSSR count). The van der Waals surface area contributed by atoms with Crippen molar-refractivity contribution in [2.45, 2.75) is 50.5 Å². The molecule has 1 aromatic rings. The first-order valence-corrected chi connectivity index (χ1v) is 8.77. The molecule has 4 aliphatic carbocycles. The number of allylic oxidation sites excluding steroid dienone is 2. The Morgan fingerprint density at radius 1 is 1.35 bits per heavy atom. The molecule has 2 saturated carbocycles. The molecule has 4 unspecified atom stereocenters. The van der Waals surface area contributed by atoms with Crippen molar-refractivity contribution in [2.24, 2.45) is 17.3 Å². The van der Waals surface area contributed by atoms with Crippen LogP contribution in [0.1, 0.15) is 43.7 Å². The Labute approximate surface area is 135 Å². The Morgan fingerprint density at radius 2 is 2.22 bits per heavy atom. The van der Waals surface area contributed by atoms with Crippen molar-refractivity contribution in [1.82, 2.24) is 0 Å². The van der Waals surface area contributed by atoms with Crippen molar-refractivity contribution >= 4 is 5.78 Å². The van der Waals surface area contributed by atoms with Gasteiger partial charge in [0.15, 0.2) is 23.4 Å². The van der Waals surface area contributed by atoms with E-state index in [4.69, 9.17) is 4.74 Å². The molecule has 1 N–H and O–H groups in total. The number of benzene rings is 1. The maximum absolute atomic E-state index is 12.8. The van der Waals surface area contributed by atoms with Gasteiger partial charge < -0.3 is 9.84 Å². The summed E-state index contributed by atoms with van der Waals surface area (Å²) in [5, 5.41) is 10.3. The van der Waals surface area contributed by atoms with E-state index in [0.717, 1.165) is 25.7 Å². The van der Waals surface area contributed by atoms with Crippen LogP contribution in [0.5, 0.6) is 11.5 Å². The number of hydrogen-bond donors (Lipinski definition) is 1. The van der Waals surface area contributed by atoms with Crippen LogP contribution in [0.4, 0.5) is 0 Å². The van der Waals surface area contributed by atoms with E-state index in [1.165, 1.54) is 16.7 Å². The Kier molecular flexibility index (Phi) is 1.92. The zero-order chi connectivity index (χ0) is 15.6. The molecule has 2 fully saturated rings. The molecule has 23 heavy (non-hydrogen) atoms. The van der Waals surface area contributed by atoms with Crippen LogP contribution in [-0.2, 0) is 16.6 Å². The summed E-state index contributed by atoms with van der Waals surface area (Å²) in [7, 11) is 0. The summed E-state index contributed by atoms with van der Waals surface area (Å²) in [6.07, 6.45) is 6.98. The first kappa shape index (κ1) is 12.6. The Balaban J connectivity index is 1.69. The fraction of sp³-hybridized carbons (Fsp3) is 0.550. The molecule has 3 nitrogen and oxygen atoms in total. The van der Waals surface area contributed by atoms with Crippen LogP contribution in [0.2, 0.25) is 0 Å². The second-order valence-electron chi connectivity index (χ2n) is 8.53. The van der Waals surface area contributed by atoms with Gasteiger partial charge in [-0.2, -0.15) is 0 Å². The highest BCUT2D eigenvalue weighted by atomic mass is 16.5. The molecule has 5 aliphatic rings. The SMILES string of the molecule is CC1=CC2Cc3ccc(O)c4c3C35CC(CCC(=O)[C@H]3O4)(C1)C25. The molecule has 5 atom stereocenters. The molecule has 3 heteroatoms. The lowest BCUT2D eigenvalue weighted by Crippen LogP contribution is -2.67. The van der Waals surface area contributed by atoms with Gasteiger partial charge >= 0.3 is 0 Å². The summed E-state index contributed by atoms with van der Waals surface area (Å²) in [4.78, 5) is 12.8. The summed E-state index contributed by atoms with van der Waals surface area (Å²) in [5.41, 5.74) is 4.10. The van der Waals surface area contributed by atoms with Gasteiger partial charge in [0, 0.05) is 17.4 Å². The predicted octanol–water partition coefficient (Wildman–Crippen LogP) is 3.28. The number of hydrogen-bond acceptors (Lipinski definition) is 3. The third-order valence-corrected chi connectivity index (χ3v) is 7.43. The van der Waals surface area contributed by atoms with E-state index in [1.807, 2.05) is 0 Å². The van der Waals surface area contributed by atoms with E-state index in [0.29, 0.717) is 29.4 Å². The molecule has 0 saturated heterocycles. The van der Waals surface area contributed by atoms with Crippen molar-refractivity contribution in [3.05, 3.63) is 34.9 Å². The van der Waals surface area contributed by atoms with Crippen molar-refractivity contribution in [3.63, 3.8) is 0 Å². The van der Waals surface area contributed by atoms with E-state index in [9.17, 15) is 9.90 Å². The summed E-state index contributed by atoms with van der Waals surface area (Å²) in [5.74, 6) is 2.11. The van der Waals surface area contributed by atoms with Crippen molar-refractivity contribution in [1.29, 1.82) is 0 Å². The lowest BCUT2D eigenvalue weighted by molar-refractivity contribution is -0.144. The molecular weight excluding hydrogens is 288 g/mol. The molecule has 0 radical (unpaired) electrons. The van der Waals surface area contributed by atoms with E-state index >= 15 is 0 Å². The molecular formula is C20H20O3. The standard InChI is InChI=1S/C20H20O3/c1-10-6-12-7-11-2-3-13(21)16-15(11)20-9-19(8-10,17(12)20)5-4-14(22)18(20)23-16/h2-3,6,12,17-18,21H,4-5,7-9H2,1H3/t12?,17?,18-,19?,20?/m1/s1. The minimum absolute atomic E-state index is 0.156. The van der Waals surface area contributed by atoms with E-state index in [-0.39, 0.29) is 23.1 Å². The van der Waals surface area contributed by atoms with Gasteiger partial charge in [-0.25, -0.2) is 0 Å². The number of Topliss-reactive ketones (excluding diaryl/α,β-unsaturated/α-hetero) is 1. The van der Waals surface area contributed by atoms with Gasteiger partial charge in [0.05, 0.1) is 0 Å². The normalized spacial score (nSPS) is 44.7. The summed E-state index contributed by atoms with van der Waals surface area (Å²) < 4.78 is 6.13. The summed E-state index contributed by atoms with van der Waals surface area (Å²) in [6.45, 7) is 2.25. The van der Waals surface area contributed by atoms with E-state index < -0.39 is 0 Å². The molecule has 2 spiro atoms. The molecule has 118 valence electrons. The lowest BCUT2D eigenvalue weighted by atomic mass is 9.34. The number of aromatic hydroxyl groups is 1. The number of ether oxygens (including phenoxy) is 1. The number of carbonyl (C=O) groups is 1. The molecule has 1 heterocycles. The highest BCUT2D eigenvalue weighted by molar-refractivity contribution is 5.89. The number of ketones is 1. The van der Waals surface area contributed by atoms with Gasteiger partial charge in [-0.1, -0.05) is 17.7 Å². The maximum atomic E-state index is 12.8. The van der Waals surface area contributed by atoms with Gasteiger partial charge in [0.2, 0.25) is 0 Å². The smallest absolute Gasteiger partial charge is 0.174 e. The first-order chi connectivity index (χ1) is 11.1. The molecule has 1 aliphatic heterocycles. The van der Waals surface area contributed by atoms with E-state index in [2.05, 4.69) is 19.1 Å². The average molecular weight is 308 g/mol. The topological polar surface area (TPSA) is 46.5 Å². The third kappa shape index (κ3) is 1.16. The van der Waals surface area contributed by atoms with Crippen LogP contribution >= 0.6 is 0 Å². The summed E-state index contributed by atoms with van der Waals surface area (Å²) in [6, 6.07) is 3.80. The number of carbonyl (C=O) groups excluding carboxylic acids is 1. The largest absolute Gasteiger partial charge is 0.504 e. The first-order valence-electron chi connectivity index (χ1n) is 8.77.